The van der Waals surface area contributed by atoms with Gasteiger partial charge >= 0.3 is 0 Å². The summed E-state index contributed by atoms with van der Waals surface area (Å²) in [6.45, 7) is 14.4. The number of carbonyl (C=O) groups excluding carboxylic acids is 1. The highest BCUT2D eigenvalue weighted by molar-refractivity contribution is 5.81. The lowest BCUT2D eigenvalue weighted by Crippen LogP contribution is -2.49. The summed E-state index contributed by atoms with van der Waals surface area (Å²) in [5.74, 6) is 0.106. The van der Waals surface area contributed by atoms with Crippen molar-refractivity contribution in [1.29, 1.82) is 0 Å². The highest BCUT2D eigenvalue weighted by Gasteiger charge is 2.15. The molecule has 0 aromatic rings. The van der Waals surface area contributed by atoms with Crippen LogP contribution in [-0.2, 0) is 4.79 Å². The monoisotopic (exact) mass is 257 g/mol. The number of carbonyl (C=O) groups is 1. The lowest BCUT2D eigenvalue weighted by Gasteiger charge is -2.25. The van der Waals surface area contributed by atoms with Gasteiger partial charge in [-0.3, -0.25) is 4.79 Å². The first-order valence-electron chi connectivity index (χ1n) is 7.31. The number of hydrogen-bond donors (Lipinski definition) is 2. The van der Waals surface area contributed by atoms with Gasteiger partial charge in [0.1, 0.15) is 0 Å². The average Bonchev–Trinajstić information content (AvgIpc) is 2.35. The van der Waals surface area contributed by atoms with Crippen molar-refractivity contribution in [2.24, 2.45) is 0 Å². The third kappa shape index (κ3) is 7.67. The Balaban J connectivity index is 3.90. The van der Waals surface area contributed by atoms with Gasteiger partial charge in [-0.1, -0.05) is 27.2 Å². The van der Waals surface area contributed by atoms with Crippen molar-refractivity contribution in [3.05, 3.63) is 0 Å². The Hall–Kier alpha value is -0.610. The molecule has 0 aliphatic carbocycles. The molecule has 0 aromatic carbocycles. The number of nitrogens with zero attached hydrogens (tertiary/aromatic N) is 1. The third-order valence-corrected chi connectivity index (χ3v) is 3.18. The first kappa shape index (κ1) is 17.4. The van der Waals surface area contributed by atoms with Crippen LogP contribution in [0.2, 0.25) is 0 Å². The molecule has 0 heterocycles. The van der Waals surface area contributed by atoms with Crippen LogP contribution in [0.1, 0.15) is 47.5 Å². The van der Waals surface area contributed by atoms with Gasteiger partial charge in [-0.2, -0.15) is 0 Å². The zero-order valence-corrected chi connectivity index (χ0v) is 12.8. The predicted octanol–water partition coefficient (Wildman–Crippen LogP) is 1.61. The minimum Gasteiger partial charge on any atom is -0.355 e. The molecular formula is C14H31N3O. The molecule has 0 bridgehead atoms. The SMILES string of the molecule is CCCCNC(=O)C(C)NC(C)CN(CC)CC. The summed E-state index contributed by atoms with van der Waals surface area (Å²) in [5, 5.41) is 6.31. The zero-order chi connectivity index (χ0) is 14.0. The Morgan fingerprint density at radius 3 is 2.28 bits per heavy atom. The fourth-order valence-electron chi connectivity index (χ4n) is 1.97. The van der Waals surface area contributed by atoms with Crippen LogP contribution in [0, 0.1) is 0 Å². The predicted molar refractivity (Wildman–Crippen MR) is 77.8 cm³/mol. The molecule has 0 aromatic heterocycles. The standard InChI is InChI=1S/C14H31N3O/c1-6-9-10-15-14(18)13(5)16-12(4)11-17(7-2)8-3/h12-13,16H,6-11H2,1-5H3,(H,15,18). The van der Waals surface area contributed by atoms with Crippen LogP contribution in [0.3, 0.4) is 0 Å². The van der Waals surface area contributed by atoms with E-state index >= 15 is 0 Å². The van der Waals surface area contributed by atoms with Gasteiger partial charge < -0.3 is 15.5 Å². The lowest BCUT2D eigenvalue weighted by atomic mass is 10.2. The molecule has 0 spiro atoms. The van der Waals surface area contributed by atoms with Gasteiger partial charge in [0.25, 0.3) is 0 Å². The van der Waals surface area contributed by atoms with Crippen molar-refractivity contribution in [1.82, 2.24) is 15.5 Å². The fourth-order valence-corrected chi connectivity index (χ4v) is 1.97. The van der Waals surface area contributed by atoms with E-state index in [1.807, 2.05) is 6.92 Å². The van der Waals surface area contributed by atoms with Gasteiger partial charge in [-0.25, -0.2) is 0 Å². The smallest absolute Gasteiger partial charge is 0.236 e. The first-order valence-corrected chi connectivity index (χ1v) is 7.31. The second kappa shape index (κ2) is 10.3. The topological polar surface area (TPSA) is 44.4 Å². The van der Waals surface area contributed by atoms with Crippen molar-refractivity contribution in [2.75, 3.05) is 26.2 Å². The Bertz CT molecular complexity index is 217. The van der Waals surface area contributed by atoms with Crippen LogP contribution < -0.4 is 10.6 Å². The maximum atomic E-state index is 11.8. The second-order valence-electron chi connectivity index (χ2n) is 4.92. The quantitative estimate of drug-likeness (QED) is 0.584. The molecule has 2 N–H and O–H groups in total. The summed E-state index contributed by atoms with van der Waals surface area (Å²) in [6, 6.07) is 0.212. The minimum absolute atomic E-state index is 0.106. The third-order valence-electron chi connectivity index (χ3n) is 3.18. The molecule has 4 nitrogen and oxygen atoms in total. The first-order chi connectivity index (χ1) is 8.54. The van der Waals surface area contributed by atoms with E-state index in [2.05, 4.69) is 43.2 Å². The number of rotatable bonds is 10. The molecule has 2 unspecified atom stereocenters. The molecule has 2 atom stereocenters. The molecule has 0 aliphatic heterocycles. The molecule has 4 heteroatoms. The van der Waals surface area contributed by atoms with Crippen molar-refractivity contribution in [3.63, 3.8) is 0 Å². The Kier molecular flexibility index (Phi) is 9.98. The van der Waals surface area contributed by atoms with Gasteiger partial charge in [0, 0.05) is 19.1 Å². The van der Waals surface area contributed by atoms with Crippen molar-refractivity contribution in [2.45, 2.75) is 59.5 Å². The van der Waals surface area contributed by atoms with E-state index < -0.39 is 0 Å². The maximum absolute atomic E-state index is 11.8. The largest absolute Gasteiger partial charge is 0.355 e. The summed E-state index contributed by atoms with van der Waals surface area (Å²) < 4.78 is 0. The highest BCUT2D eigenvalue weighted by Crippen LogP contribution is 1.94. The molecule has 0 saturated heterocycles. The second-order valence-corrected chi connectivity index (χ2v) is 4.92. The highest BCUT2D eigenvalue weighted by atomic mass is 16.2. The number of likely N-dealkylation sites (N-methyl/N-ethyl adjacent to an activating group) is 1. The van der Waals surface area contributed by atoms with E-state index in [1.165, 1.54) is 0 Å². The molecule has 108 valence electrons. The van der Waals surface area contributed by atoms with E-state index in [1.54, 1.807) is 0 Å². The van der Waals surface area contributed by atoms with E-state index in [0.717, 1.165) is 39.0 Å². The Labute approximate surface area is 113 Å². The van der Waals surface area contributed by atoms with Gasteiger partial charge in [-0.15, -0.1) is 0 Å². The molecule has 0 radical (unpaired) electrons. The van der Waals surface area contributed by atoms with Crippen LogP contribution in [0.5, 0.6) is 0 Å². The molecular weight excluding hydrogens is 226 g/mol. The van der Waals surface area contributed by atoms with Gasteiger partial charge in [-0.05, 0) is 33.4 Å². The summed E-state index contributed by atoms with van der Waals surface area (Å²) >= 11 is 0. The summed E-state index contributed by atoms with van der Waals surface area (Å²) in [4.78, 5) is 14.2. The number of unbranched alkanes of at least 4 members (excludes halogenated alkanes) is 1. The Morgan fingerprint density at radius 2 is 1.78 bits per heavy atom. The van der Waals surface area contributed by atoms with Gasteiger partial charge in [0.05, 0.1) is 6.04 Å². The summed E-state index contributed by atoms with van der Waals surface area (Å²) in [7, 11) is 0. The van der Waals surface area contributed by atoms with E-state index in [9.17, 15) is 4.79 Å². The van der Waals surface area contributed by atoms with Crippen LogP contribution >= 0.6 is 0 Å². The average molecular weight is 257 g/mol. The number of amides is 1. The van der Waals surface area contributed by atoms with Crippen molar-refractivity contribution < 1.29 is 4.79 Å². The van der Waals surface area contributed by atoms with Crippen LogP contribution in [-0.4, -0.2) is 49.1 Å². The normalized spacial score (nSPS) is 14.6. The van der Waals surface area contributed by atoms with Crippen LogP contribution in [0.15, 0.2) is 0 Å². The summed E-state index contributed by atoms with van der Waals surface area (Å²) in [5.41, 5.74) is 0. The van der Waals surface area contributed by atoms with Crippen molar-refractivity contribution in [3.8, 4) is 0 Å². The Morgan fingerprint density at radius 1 is 1.17 bits per heavy atom. The van der Waals surface area contributed by atoms with Crippen molar-refractivity contribution >= 4 is 5.91 Å². The fraction of sp³-hybridized carbons (Fsp3) is 0.929. The maximum Gasteiger partial charge on any atom is 0.236 e. The van der Waals surface area contributed by atoms with E-state index in [4.69, 9.17) is 0 Å². The van der Waals surface area contributed by atoms with Gasteiger partial charge in [0.15, 0.2) is 0 Å². The minimum atomic E-state index is -0.118. The number of hydrogen-bond acceptors (Lipinski definition) is 3. The molecule has 0 saturated carbocycles. The molecule has 0 rings (SSSR count). The number of nitrogens with one attached hydrogen (secondary N) is 2. The van der Waals surface area contributed by atoms with E-state index in [0.29, 0.717) is 6.04 Å². The molecule has 0 fully saturated rings. The summed E-state index contributed by atoms with van der Waals surface area (Å²) in [6.07, 6.45) is 2.16. The molecule has 0 aliphatic rings. The van der Waals surface area contributed by atoms with Gasteiger partial charge in [0.2, 0.25) is 5.91 Å². The van der Waals surface area contributed by atoms with Crippen LogP contribution in [0.25, 0.3) is 0 Å². The van der Waals surface area contributed by atoms with E-state index in [-0.39, 0.29) is 11.9 Å². The molecule has 18 heavy (non-hydrogen) atoms. The lowest BCUT2D eigenvalue weighted by molar-refractivity contribution is -0.122. The zero-order valence-electron chi connectivity index (χ0n) is 12.8. The molecule has 1 amide bonds. The van der Waals surface area contributed by atoms with Crippen LogP contribution in [0.4, 0.5) is 0 Å².